The van der Waals surface area contributed by atoms with Crippen molar-refractivity contribution in [1.82, 2.24) is 19.7 Å². The first-order valence-corrected chi connectivity index (χ1v) is 10.9. The van der Waals surface area contributed by atoms with Crippen LogP contribution in [0.5, 0.6) is 0 Å². The summed E-state index contributed by atoms with van der Waals surface area (Å²) in [5.74, 6) is 0.416. The van der Waals surface area contributed by atoms with Gasteiger partial charge >= 0.3 is 0 Å². The predicted molar refractivity (Wildman–Crippen MR) is 116 cm³/mol. The van der Waals surface area contributed by atoms with Crippen LogP contribution >= 0.6 is 11.8 Å². The van der Waals surface area contributed by atoms with E-state index in [4.69, 9.17) is 0 Å². The van der Waals surface area contributed by atoms with Gasteiger partial charge in [0.05, 0.1) is 11.3 Å². The maximum Gasteiger partial charge on any atom is 0.233 e. The Morgan fingerprint density at radius 1 is 1.17 bits per heavy atom. The molecule has 0 atom stereocenters. The third kappa shape index (κ3) is 4.62. The first-order chi connectivity index (χ1) is 14.7. The molecule has 1 aliphatic carbocycles. The van der Waals surface area contributed by atoms with Crippen LogP contribution in [0.15, 0.2) is 72.4 Å². The van der Waals surface area contributed by atoms with Gasteiger partial charge in [0.1, 0.15) is 5.82 Å². The molecule has 0 bridgehead atoms. The van der Waals surface area contributed by atoms with Crippen LogP contribution in [0.3, 0.4) is 0 Å². The fraction of sp³-hybridized carbons (Fsp3) is 0.261. The molecular weight excluding hydrogens is 399 g/mol. The van der Waals surface area contributed by atoms with Crippen LogP contribution in [-0.4, -0.2) is 37.4 Å². The average Bonchev–Trinajstić information content (AvgIpc) is 3.53. The number of hydrogen-bond acceptors (Lipinski definition) is 4. The molecule has 0 saturated heterocycles. The number of hydrogen-bond donors (Lipinski definition) is 0. The molecule has 0 aliphatic heterocycles. The molecule has 5 nitrogen and oxygen atoms in total. The minimum atomic E-state index is -0.356. The van der Waals surface area contributed by atoms with Crippen molar-refractivity contribution in [2.24, 2.45) is 0 Å². The summed E-state index contributed by atoms with van der Waals surface area (Å²) in [4.78, 5) is 14.9. The highest BCUT2D eigenvalue weighted by molar-refractivity contribution is 7.99. The molecule has 0 N–H and O–H groups in total. The van der Waals surface area contributed by atoms with Crippen LogP contribution in [0.1, 0.15) is 18.4 Å². The van der Waals surface area contributed by atoms with Gasteiger partial charge in [0.15, 0.2) is 11.0 Å². The summed E-state index contributed by atoms with van der Waals surface area (Å²) in [7, 11) is 0. The van der Waals surface area contributed by atoms with Crippen LogP contribution in [0.4, 0.5) is 4.39 Å². The summed E-state index contributed by atoms with van der Waals surface area (Å²) in [6.45, 7) is 4.83. The minimum absolute atomic E-state index is 0.0759. The molecule has 1 heterocycles. The molecule has 2 aromatic carbocycles. The second-order valence-electron chi connectivity index (χ2n) is 7.21. The van der Waals surface area contributed by atoms with Crippen molar-refractivity contribution < 1.29 is 9.18 Å². The van der Waals surface area contributed by atoms with Crippen molar-refractivity contribution in [3.8, 4) is 11.4 Å². The Labute approximate surface area is 179 Å². The number of amides is 1. The lowest BCUT2D eigenvalue weighted by molar-refractivity contribution is -0.129. The molecule has 4 rings (SSSR count). The Bertz CT molecular complexity index is 1030. The van der Waals surface area contributed by atoms with Crippen LogP contribution in [-0.2, 0) is 17.9 Å². The van der Waals surface area contributed by atoms with E-state index < -0.39 is 0 Å². The Hall–Kier alpha value is -2.93. The predicted octanol–water partition coefficient (Wildman–Crippen LogP) is 4.55. The fourth-order valence-electron chi connectivity index (χ4n) is 3.33. The van der Waals surface area contributed by atoms with Crippen molar-refractivity contribution in [1.29, 1.82) is 0 Å². The van der Waals surface area contributed by atoms with Crippen LogP contribution in [0.2, 0.25) is 0 Å². The van der Waals surface area contributed by atoms with Crippen molar-refractivity contribution in [2.45, 2.75) is 37.1 Å². The zero-order valence-electron chi connectivity index (χ0n) is 16.6. The number of nitrogens with zero attached hydrogens (tertiary/aromatic N) is 4. The van der Waals surface area contributed by atoms with Crippen LogP contribution < -0.4 is 0 Å². The smallest absolute Gasteiger partial charge is 0.233 e. The van der Waals surface area contributed by atoms with Crippen molar-refractivity contribution in [3.05, 3.63) is 78.6 Å². The summed E-state index contributed by atoms with van der Waals surface area (Å²) in [6, 6.07) is 16.8. The Morgan fingerprint density at radius 2 is 1.90 bits per heavy atom. The van der Waals surface area contributed by atoms with E-state index in [9.17, 15) is 9.18 Å². The molecule has 1 fully saturated rings. The maximum absolute atomic E-state index is 14.3. The molecule has 1 saturated carbocycles. The van der Waals surface area contributed by atoms with E-state index in [1.165, 1.54) is 17.8 Å². The van der Waals surface area contributed by atoms with E-state index in [0.717, 1.165) is 18.4 Å². The SMILES string of the molecule is C=CCn1c(SCC(=O)N(Cc2ccccc2)C2CC2)nnc1-c1ccccc1F. The second-order valence-corrected chi connectivity index (χ2v) is 8.15. The van der Waals surface area contributed by atoms with Gasteiger partial charge in [0.2, 0.25) is 5.91 Å². The zero-order valence-corrected chi connectivity index (χ0v) is 17.4. The number of carbonyl (C=O) groups excluding carboxylic acids is 1. The summed E-state index contributed by atoms with van der Waals surface area (Å²) in [5, 5.41) is 8.98. The minimum Gasteiger partial charge on any atom is -0.335 e. The molecule has 154 valence electrons. The van der Waals surface area contributed by atoms with Crippen LogP contribution in [0, 0.1) is 5.82 Å². The third-order valence-corrected chi connectivity index (χ3v) is 5.92. The van der Waals surface area contributed by atoms with E-state index in [2.05, 4.69) is 16.8 Å². The summed E-state index contributed by atoms with van der Waals surface area (Å²) in [5.41, 5.74) is 1.51. The number of carbonyl (C=O) groups is 1. The number of aromatic nitrogens is 3. The van der Waals surface area contributed by atoms with E-state index in [1.807, 2.05) is 35.2 Å². The number of thioether (sulfide) groups is 1. The highest BCUT2D eigenvalue weighted by Gasteiger charge is 2.32. The summed E-state index contributed by atoms with van der Waals surface area (Å²) >= 11 is 1.33. The van der Waals surface area contributed by atoms with Gasteiger partial charge in [-0.05, 0) is 30.5 Å². The summed E-state index contributed by atoms with van der Waals surface area (Å²) < 4.78 is 16.0. The van der Waals surface area contributed by atoms with Gasteiger partial charge in [-0.3, -0.25) is 9.36 Å². The van der Waals surface area contributed by atoms with E-state index in [1.54, 1.807) is 28.8 Å². The lowest BCUT2D eigenvalue weighted by Crippen LogP contribution is -2.34. The van der Waals surface area contributed by atoms with E-state index in [0.29, 0.717) is 35.7 Å². The second kappa shape index (κ2) is 9.26. The van der Waals surface area contributed by atoms with E-state index >= 15 is 0 Å². The summed E-state index contributed by atoms with van der Waals surface area (Å²) in [6.07, 6.45) is 3.81. The average molecular weight is 423 g/mol. The van der Waals surface area contributed by atoms with Gasteiger partial charge in [-0.1, -0.05) is 60.3 Å². The molecule has 1 aliphatic rings. The molecule has 0 radical (unpaired) electrons. The quantitative estimate of drug-likeness (QED) is 0.375. The highest BCUT2D eigenvalue weighted by atomic mass is 32.2. The number of halogens is 1. The third-order valence-electron chi connectivity index (χ3n) is 4.97. The molecule has 1 amide bonds. The van der Waals surface area contributed by atoms with Gasteiger partial charge in [0.25, 0.3) is 0 Å². The molecule has 3 aromatic rings. The largest absolute Gasteiger partial charge is 0.335 e. The molecular formula is C23H23FN4OS. The Morgan fingerprint density at radius 3 is 2.60 bits per heavy atom. The first kappa shape index (κ1) is 20.3. The molecule has 1 aromatic heterocycles. The zero-order chi connectivity index (χ0) is 20.9. The monoisotopic (exact) mass is 422 g/mol. The number of allylic oxidation sites excluding steroid dienone is 1. The fourth-order valence-corrected chi connectivity index (χ4v) is 4.16. The molecule has 30 heavy (non-hydrogen) atoms. The van der Waals surface area contributed by atoms with Gasteiger partial charge < -0.3 is 4.90 Å². The first-order valence-electron chi connectivity index (χ1n) is 9.92. The van der Waals surface area contributed by atoms with Gasteiger partial charge in [-0.15, -0.1) is 16.8 Å². The maximum atomic E-state index is 14.3. The lowest BCUT2D eigenvalue weighted by Gasteiger charge is -2.22. The highest BCUT2D eigenvalue weighted by Crippen LogP contribution is 2.30. The Kier molecular flexibility index (Phi) is 6.28. The van der Waals surface area contributed by atoms with Crippen LogP contribution in [0.25, 0.3) is 11.4 Å². The molecule has 7 heteroatoms. The topological polar surface area (TPSA) is 51.0 Å². The Balaban J connectivity index is 1.49. The molecule has 0 unspecified atom stereocenters. The normalized spacial score (nSPS) is 13.2. The van der Waals surface area contributed by atoms with Gasteiger partial charge in [-0.25, -0.2) is 4.39 Å². The molecule has 0 spiro atoms. The van der Waals surface area contributed by atoms with Crippen molar-refractivity contribution in [2.75, 3.05) is 5.75 Å². The van der Waals surface area contributed by atoms with Gasteiger partial charge in [0, 0.05) is 19.1 Å². The van der Waals surface area contributed by atoms with E-state index in [-0.39, 0.29) is 17.5 Å². The number of rotatable bonds is 9. The van der Waals surface area contributed by atoms with Crippen molar-refractivity contribution in [3.63, 3.8) is 0 Å². The lowest BCUT2D eigenvalue weighted by atomic mass is 10.2. The number of benzene rings is 2. The van der Waals surface area contributed by atoms with Crippen molar-refractivity contribution >= 4 is 17.7 Å². The van der Waals surface area contributed by atoms with Gasteiger partial charge in [-0.2, -0.15) is 0 Å². The standard InChI is InChI=1S/C23H23FN4OS/c1-2-14-27-22(19-10-6-7-11-20(19)24)25-26-23(27)30-16-21(29)28(18-12-13-18)15-17-8-4-3-5-9-17/h2-11,18H,1,12-16H2.